The van der Waals surface area contributed by atoms with Crippen LogP contribution in [0, 0.1) is 0 Å². The van der Waals surface area contributed by atoms with Crippen LogP contribution in [0.1, 0.15) is 11.1 Å². The van der Waals surface area contributed by atoms with Crippen molar-refractivity contribution in [1.29, 1.82) is 0 Å². The Morgan fingerprint density at radius 2 is 1.59 bits per heavy atom. The van der Waals surface area contributed by atoms with Crippen molar-refractivity contribution in [2.75, 3.05) is 27.2 Å². The van der Waals surface area contributed by atoms with Gasteiger partial charge in [-0.05, 0) is 31.3 Å². The molecule has 0 aliphatic heterocycles. The van der Waals surface area contributed by atoms with Gasteiger partial charge in [-0.3, -0.25) is 4.79 Å². The number of nitrogens with zero attached hydrogens (tertiary/aromatic N) is 1. The topological polar surface area (TPSA) is 32.3 Å². The first-order chi connectivity index (χ1) is 10.7. The van der Waals surface area contributed by atoms with Gasteiger partial charge in [0.25, 0.3) is 5.91 Å². The van der Waals surface area contributed by atoms with Crippen LogP contribution in [-0.2, 0) is 4.79 Å². The summed E-state index contributed by atoms with van der Waals surface area (Å²) in [7, 11) is 3.98. The third-order valence-electron chi connectivity index (χ3n) is 3.28. The van der Waals surface area contributed by atoms with Crippen molar-refractivity contribution in [3.05, 3.63) is 71.8 Å². The number of rotatable bonds is 6. The van der Waals surface area contributed by atoms with Crippen molar-refractivity contribution in [3.63, 3.8) is 0 Å². The van der Waals surface area contributed by atoms with Gasteiger partial charge in [-0.1, -0.05) is 60.7 Å². The van der Waals surface area contributed by atoms with Gasteiger partial charge in [0.2, 0.25) is 0 Å². The fraction of sp³-hybridized carbons (Fsp3) is 0.211. The first-order valence-electron chi connectivity index (χ1n) is 7.42. The normalized spacial score (nSPS) is 11.5. The lowest BCUT2D eigenvalue weighted by molar-refractivity contribution is -0.115. The molecule has 114 valence electrons. The second-order valence-corrected chi connectivity index (χ2v) is 5.39. The van der Waals surface area contributed by atoms with Gasteiger partial charge in [-0.2, -0.15) is 0 Å². The molecule has 0 spiro atoms. The number of benzene rings is 2. The third kappa shape index (κ3) is 4.86. The molecule has 0 bridgehead atoms. The van der Waals surface area contributed by atoms with Crippen LogP contribution in [0.4, 0.5) is 0 Å². The van der Waals surface area contributed by atoms with Crippen molar-refractivity contribution in [2.45, 2.75) is 0 Å². The highest BCUT2D eigenvalue weighted by Gasteiger charge is 2.11. The summed E-state index contributed by atoms with van der Waals surface area (Å²) in [5.74, 6) is -0.0445. The summed E-state index contributed by atoms with van der Waals surface area (Å²) in [6.07, 6.45) is 1.93. The first-order valence-corrected chi connectivity index (χ1v) is 7.42. The van der Waals surface area contributed by atoms with Crippen LogP contribution >= 0.6 is 0 Å². The number of amides is 1. The Labute approximate surface area is 132 Å². The summed E-state index contributed by atoms with van der Waals surface area (Å²) in [5.41, 5.74) is 2.63. The second-order valence-electron chi connectivity index (χ2n) is 5.39. The van der Waals surface area contributed by atoms with Gasteiger partial charge in [0.1, 0.15) is 0 Å². The molecular formula is C19H22N2O. The zero-order valence-corrected chi connectivity index (χ0v) is 13.1. The summed E-state index contributed by atoms with van der Waals surface area (Å²) in [4.78, 5) is 14.6. The van der Waals surface area contributed by atoms with Crippen molar-refractivity contribution >= 4 is 17.6 Å². The molecule has 0 aromatic heterocycles. The van der Waals surface area contributed by atoms with Crippen LogP contribution < -0.4 is 5.32 Å². The molecule has 0 heterocycles. The largest absolute Gasteiger partial charge is 0.351 e. The average Bonchev–Trinajstić information content (AvgIpc) is 2.54. The molecule has 2 rings (SSSR count). The Morgan fingerprint density at radius 3 is 2.18 bits per heavy atom. The van der Waals surface area contributed by atoms with Crippen LogP contribution in [0.5, 0.6) is 0 Å². The van der Waals surface area contributed by atoms with Gasteiger partial charge in [0.05, 0.1) is 0 Å². The minimum Gasteiger partial charge on any atom is -0.351 e. The smallest absolute Gasteiger partial charge is 0.251 e. The molecule has 0 aliphatic carbocycles. The molecule has 0 fully saturated rings. The lowest BCUT2D eigenvalue weighted by Gasteiger charge is -2.12. The predicted molar refractivity (Wildman–Crippen MR) is 92.3 cm³/mol. The minimum atomic E-state index is -0.0445. The van der Waals surface area contributed by atoms with Crippen LogP contribution in [0.3, 0.4) is 0 Å². The molecule has 0 atom stereocenters. The SMILES string of the molecule is CN(C)CCNC(=O)/C(=C\c1ccccc1)c1ccccc1. The zero-order valence-electron chi connectivity index (χ0n) is 13.1. The molecule has 2 aromatic carbocycles. The van der Waals surface area contributed by atoms with Crippen molar-refractivity contribution in [3.8, 4) is 0 Å². The van der Waals surface area contributed by atoms with E-state index >= 15 is 0 Å². The lowest BCUT2D eigenvalue weighted by atomic mass is 10.0. The molecule has 2 aromatic rings. The van der Waals surface area contributed by atoms with E-state index in [0.717, 1.165) is 17.7 Å². The number of hydrogen-bond donors (Lipinski definition) is 1. The Kier molecular flexibility index (Phi) is 5.92. The lowest BCUT2D eigenvalue weighted by Crippen LogP contribution is -2.31. The Balaban J connectivity index is 2.23. The average molecular weight is 294 g/mol. The van der Waals surface area contributed by atoms with Crippen molar-refractivity contribution in [1.82, 2.24) is 10.2 Å². The molecule has 0 aliphatic rings. The van der Waals surface area contributed by atoms with E-state index in [4.69, 9.17) is 0 Å². The molecule has 0 saturated heterocycles. The molecule has 3 nitrogen and oxygen atoms in total. The zero-order chi connectivity index (χ0) is 15.8. The van der Waals surface area contributed by atoms with E-state index in [0.29, 0.717) is 12.1 Å². The Bertz CT molecular complexity index is 618. The summed E-state index contributed by atoms with van der Waals surface area (Å²) in [5, 5.41) is 2.98. The maximum Gasteiger partial charge on any atom is 0.251 e. The number of nitrogens with one attached hydrogen (secondary N) is 1. The molecule has 0 unspecified atom stereocenters. The molecule has 0 radical (unpaired) electrons. The van der Waals surface area contributed by atoms with Gasteiger partial charge in [-0.15, -0.1) is 0 Å². The highest BCUT2D eigenvalue weighted by atomic mass is 16.1. The quantitative estimate of drug-likeness (QED) is 0.656. The van der Waals surface area contributed by atoms with Gasteiger partial charge in [0.15, 0.2) is 0 Å². The van der Waals surface area contributed by atoms with Crippen LogP contribution in [0.25, 0.3) is 11.6 Å². The van der Waals surface area contributed by atoms with Gasteiger partial charge < -0.3 is 10.2 Å². The van der Waals surface area contributed by atoms with Gasteiger partial charge >= 0.3 is 0 Å². The van der Waals surface area contributed by atoms with E-state index < -0.39 is 0 Å². The second kappa shape index (κ2) is 8.15. The van der Waals surface area contributed by atoms with E-state index in [-0.39, 0.29) is 5.91 Å². The fourth-order valence-electron chi connectivity index (χ4n) is 2.10. The van der Waals surface area contributed by atoms with E-state index in [2.05, 4.69) is 5.32 Å². The van der Waals surface area contributed by atoms with Crippen LogP contribution in [0.15, 0.2) is 60.7 Å². The minimum absolute atomic E-state index is 0.0445. The molecule has 22 heavy (non-hydrogen) atoms. The third-order valence-corrected chi connectivity index (χ3v) is 3.28. The molecule has 1 amide bonds. The molecule has 1 N–H and O–H groups in total. The maximum atomic E-state index is 12.5. The number of likely N-dealkylation sites (N-methyl/N-ethyl adjacent to an activating group) is 1. The molecular weight excluding hydrogens is 272 g/mol. The molecule has 0 saturated carbocycles. The number of carbonyl (C=O) groups excluding carboxylic acids is 1. The first kappa shape index (κ1) is 16.0. The Hall–Kier alpha value is -2.39. The van der Waals surface area contributed by atoms with E-state index in [1.807, 2.05) is 85.7 Å². The number of hydrogen-bond acceptors (Lipinski definition) is 2. The monoisotopic (exact) mass is 294 g/mol. The van der Waals surface area contributed by atoms with Crippen molar-refractivity contribution < 1.29 is 4.79 Å². The standard InChI is InChI=1S/C19H22N2O/c1-21(2)14-13-20-19(22)18(17-11-7-4-8-12-17)15-16-9-5-3-6-10-16/h3-12,15H,13-14H2,1-2H3,(H,20,22)/b18-15-. The van der Waals surface area contributed by atoms with Gasteiger partial charge in [-0.25, -0.2) is 0 Å². The van der Waals surface area contributed by atoms with E-state index in [9.17, 15) is 4.79 Å². The maximum absolute atomic E-state index is 12.5. The fourth-order valence-corrected chi connectivity index (χ4v) is 2.10. The summed E-state index contributed by atoms with van der Waals surface area (Å²) in [6, 6.07) is 19.7. The highest BCUT2D eigenvalue weighted by molar-refractivity contribution is 6.24. The summed E-state index contributed by atoms with van der Waals surface area (Å²) >= 11 is 0. The summed E-state index contributed by atoms with van der Waals surface area (Å²) in [6.45, 7) is 1.45. The van der Waals surface area contributed by atoms with Crippen LogP contribution in [0.2, 0.25) is 0 Å². The summed E-state index contributed by atoms with van der Waals surface area (Å²) < 4.78 is 0. The number of carbonyl (C=O) groups is 1. The molecule has 3 heteroatoms. The van der Waals surface area contributed by atoms with Crippen molar-refractivity contribution in [2.24, 2.45) is 0 Å². The Morgan fingerprint density at radius 1 is 1.00 bits per heavy atom. The van der Waals surface area contributed by atoms with Gasteiger partial charge in [0, 0.05) is 18.7 Å². The predicted octanol–water partition coefficient (Wildman–Crippen LogP) is 2.91. The van der Waals surface area contributed by atoms with E-state index in [1.165, 1.54) is 0 Å². The highest BCUT2D eigenvalue weighted by Crippen LogP contribution is 2.18. The van der Waals surface area contributed by atoms with E-state index in [1.54, 1.807) is 0 Å². The van der Waals surface area contributed by atoms with Crippen LogP contribution in [-0.4, -0.2) is 38.0 Å².